The minimum absolute atomic E-state index is 0.515. The molecule has 0 aliphatic carbocycles. The quantitative estimate of drug-likeness (QED) is 0.929. The van der Waals surface area contributed by atoms with Gasteiger partial charge < -0.3 is 14.8 Å². The van der Waals surface area contributed by atoms with Crippen molar-refractivity contribution >= 4 is 11.6 Å². The first-order valence-electron chi connectivity index (χ1n) is 7.28. The Balaban J connectivity index is 1.84. The van der Waals surface area contributed by atoms with Gasteiger partial charge in [0.05, 0.1) is 5.69 Å². The fourth-order valence-electron chi connectivity index (χ4n) is 2.90. The van der Waals surface area contributed by atoms with Gasteiger partial charge in [-0.2, -0.15) is 0 Å². The van der Waals surface area contributed by atoms with Crippen LogP contribution in [0.25, 0.3) is 0 Å². The van der Waals surface area contributed by atoms with Crippen LogP contribution in [-0.4, -0.2) is 34.6 Å². The van der Waals surface area contributed by atoms with E-state index in [1.807, 2.05) is 18.2 Å². The number of likely N-dealkylation sites (N-methyl/N-ethyl adjacent to an activating group) is 1. The summed E-state index contributed by atoms with van der Waals surface area (Å²) in [6, 6.07) is 10.8. The van der Waals surface area contributed by atoms with Gasteiger partial charge in [0, 0.05) is 24.5 Å². The number of aryl methyl sites for hydroxylation is 1. The van der Waals surface area contributed by atoms with Crippen molar-refractivity contribution in [3.63, 3.8) is 0 Å². The van der Waals surface area contributed by atoms with Crippen LogP contribution >= 0.6 is 0 Å². The molecule has 1 N–H and O–H groups in total. The van der Waals surface area contributed by atoms with E-state index in [4.69, 9.17) is 0 Å². The third-order valence-electron chi connectivity index (χ3n) is 3.88. The standard InChI is InChI=1S/C16H22N4/c1-13-11-20(15-9-6-10-19(2)12-15)16(17-13)18-14-7-4-3-5-8-14/h3-5,7-8,11,15H,6,9-10,12H2,1-2H3,(H,17,18). The second-order valence-corrected chi connectivity index (χ2v) is 5.66. The number of hydrogen-bond acceptors (Lipinski definition) is 3. The highest BCUT2D eigenvalue weighted by Crippen LogP contribution is 2.26. The van der Waals surface area contributed by atoms with Gasteiger partial charge in [0.2, 0.25) is 5.95 Å². The van der Waals surface area contributed by atoms with Crippen molar-refractivity contribution in [1.29, 1.82) is 0 Å². The molecule has 3 rings (SSSR count). The molecule has 1 saturated heterocycles. The van der Waals surface area contributed by atoms with Gasteiger partial charge in [-0.3, -0.25) is 0 Å². The number of piperidine rings is 1. The van der Waals surface area contributed by atoms with Crippen molar-refractivity contribution in [2.45, 2.75) is 25.8 Å². The van der Waals surface area contributed by atoms with E-state index in [1.165, 1.54) is 19.4 Å². The van der Waals surface area contributed by atoms with E-state index in [-0.39, 0.29) is 0 Å². The number of rotatable bonds is 3. The van der Waals surface area contributed by atoms with Gasteiger partial charge in [-0.05, 0) is 45.5 Å². The average molecular weight is 270 g/mol. The number of nitrogens with one attached hydrogen (secondary N) is 1. The molecular formula is C16H22N4. The number of likely N-dealkylation sites (tertiary alicyclic amines) is 1. The molecular weight excluding hydrogens is 248 g/mol. The third kappa shape index (κ3) is 2.85. The topological polar surface area (TPSA) is 33.1 Å². The Morgan fingerprint density at radius 2 is 2.05 bits per heavy atom. The van der Waals surface area contributed by atoms with Gasteiger partial charge in [-0.25, -0.2) is 4.98 Å². The second kappa shape index (κ2) is 5.67. The Kier molecular flexibility index (Phi) is 3.74. The second-order valence-electron chi connectivity index (χ2n) is 5.66. The number of hydrogen-bond donors (Lipinski definition) is 1. The number of anilines is 2. The Hall–Kier alpha value is -1.81. The molecule has 1 unspecified atom stereocenters. The van der Waals surface area contributed by atoms with E-state index < -0.39 is 0 Å². The fraction of sp³-hybridized carbons (Fsp3) is 0.438. The zero-order valence-corrected chi connectivity index (χ0v) is 12.2. The van der Waals surface area contributed by atoms with Crippen molar-refractivity contribution in [3.05, 3.63) is 42.2 Å². The van der Waals surface area contributed by atoms with Crippen molar-refractivity contribution in [1.82, 2.24) is 14.5 Å². The largest absolute Gasteiger partial charge is 0.326 e. The predicted octanol–water partition coefficient (Wildman–Crippen LogP) is 3.20. The molecule has 1 fully saturated rings. The van der Waals surface area contributed by atoms with Crippen molar-refractivity contribution < 1.29 is 0 Å². The molecule has 1 aliphatic heterocycles. The highest BCUT2D eigenvalue weighted by molar-refractivity contribution is 5.53. The Morgan fingerprint density at radius 3 is 2.80 bits per heavy atom. The zero-order valence-electron chi connectivity index (χ0n) is 12.2. The van der Waals surface area contributed by atoms with Crippen LogP contribution in [0.5, 0.6) is 0 Å². The van der Waals surface area contributed by atoms with Crippen LogP contribution in [0, 0.1) is 6.92 Å². The lowest BCUT2D eigenvalue weighted by atomic mass is 10.1. The van der Waals surface area contributed by atoms with Gasteiger partial charge in [-0.1, -0.05) is 18.2 Å². The van der Waals surface area contributed by atoms with Crippen LogP contribution in [0.15, 0.2) is 36.5 Å². The molecule has 106 valence electrons. The third-order valence-corrected chi connectivity index (χ3v) is 3.88. The molecule has 1 aliphatic rings. The highest BCUT2D eigenvalue weighted by atomic mass is 15.2. The number of para-hydroxylation sites is 1. The molecule has 0 spiro atoms. The van der Waals surface area contributed by atoms with Gasteiger partial charge in [0.1, 0.15) is 0 Å². The summed E-state index contributed by atoms with van der Waals surface area (Å²) in [6.07, 6.45) is 4.64. The molecule has 4 nitrogen and oxygen atoms in total. The van der Waals surface area contributed by atoms with E-state index in [0.717, 1.165) is 23.9 Å². The lowest BCUT2D eigenvalue weighted by molar-refractivity contribution is 0.213. The summed E-state index contributed by atoms with van der Waals surface area (Å²) in [6.45, 7) is 4.35. The number of aromatic nitrogens is 2. The first kappa shape index (κ1) is 13.2. The molecule has 1 atom stereocenters. The van der Waals surface area contributed by atoms with Crippen molar-refractivity contribution in [2.75, 3.05) is 25.5 Å². The normalized spacial score (nSPS) is 20.0. The van der Waals surface area contributed by atoms with Crippen LogP contribution in [0.4, 0.5) is 11.6 Å². The van der Waals surface area contributed by atoms with Crippen LogP contribution in [0.1, 0.15) is 24.6 Å². The van der Waals surface area contributed by atoms with Crippen molar-refractivity contribution in [2.24, 2.45) is 0 Å². The summed E-state index contributed by atoms with van der Waals surface area (Å²) in [7, 11) is 2.19. The van der Waals surface area contributed by atoms with Crippen LogP contribution in [0.2, 0.25) is 0 Å². The summed E-state index contributed by atoms with van der Waals surface area (Å²) >= 11 is 0. The van der Waals surface area contributed by atoms with Crippen LogP contribution in [-0.2, 0) is 0 Å². The van der Waals surface area contributed by atoms with Crippen molar-refractivity contribution in [3.8, 4) is 0 Å². The zero-order chi connectivity index (χ0) is 13.9. The number of imidazole rings is 1. The maximum Gasteiger partial charge on any atom is 0.207 e. The van der Waals surface area contributed by atoms with Gasteiger partial charge in [0.15, 0.2) is 0 Å². The van der Waals surface area contributed by atoms with E-state index in [1.54, 1.807) is 0 Å². The lowest BCUT2D eigenvalue weighted by Gasteiger charge is -2.31. The first-order valence-corrected chi connectivity index (χ1v) is 7.28. The van der Waals surface area contributed by atoms with E-state index in [9.17, 15) is 0 Å². The molecule has 0 saturated carbocycles. The highest BCUT2D eigenvalue weighted by Gasteiger charge is 2.21. The van der Waals surface area contributed by atoms with Gasteiger partial charge in [0.25, 0.3) is 0 Å². The van der Waals surface area contributed by atoms with Gasteiger partial charge in [-0.15, -0.1) is 0 Å². The first-order chi connectivity index (χ1) is 9.72. The molecule has 0 radical (unpaired) electrons. The maximum absolute atomic E-state index is 4.64. The molecule has 1 aromatic heterocycles. The summed E-state index contributed by atoms with van der Waals surface area (Å²) in [5, 5.41) is 3.44. The molecule has 0 bridgehead atoms. The van der Waals surface area contributed by atoms with E-state index >= 15 is 0 Å². The molecule has 2 aromatic rings. The number of benzene rings is 1. The summed E-state index contributed by atoms with van der Waals surface area (Å²) < 4.78 is 2.30. The summed E-state index contributed by atoms with van der Waals surface area (Å²) in [5.41, 5.74) is 2.15. The fourth-order valence-corrected chi connectivity index (χ4v) is 2.90. The average Bonchev–Trinajstić information content (AvgIpc) is 2.81. The predicted molar refractivity (Wildman–Crippen MR) is 82.5 cm³/mol. The summed E-state index contributed by atoms with van der Waals surface area (Å²) in [4.78, 5) is 7.04. The van der Waals surface area contributed by atoms with Gasteiger partial charge >= 0.3 is 0 Å². The molecule has 2 heterocycles. The van der Waals surface area contributed by atoms with Crippen LogP contribution in [0.3, 0.4) is 0 Å². The Labute approximate surface area is 120 Å². The molecule has 4 heteroatoms. The minimum atomic E-state index is 0.515. The number of nitrogens with zero attached hydrogens (tertiary/aromatic N) is 3. The molecule has 0 amide bonds. The Morgan fingerprint density at radius 1 is 1.25 bits per heavy atom. The summed E-state index contributed by atoms with van der Waals surface area (Å²) in [5.74, 6) is 0.953. The monoisotopic (exact) mass is 270 g/mol. The molecule has 20 heavy (non-hydrogen) atoms. The Bertz CT molecular complexity index is 561. The molecule has 1 aromatic carbocycles. The minimum Gasteiger partial charge on any atom is -0.326 e. The SMILES string of the molecule is Cc1cn(C2CCCN(C)C2)c(Nc2ccccc2)n1. The maximum atomic E-state index is 4.64. The van der Waals surface area contributed by atoms with E-state index in [0.29, 0.717) is 6.04 Å². The smallest absolute Gasteiger partial charge is 0.207 e. The van der Waals surface area contributed by atoms with E-state index in [2.05, 4.69) is 52.1 Å². The van der Waals surface area contributed by atoms with Crippen LogP contribution < -0.4 is 5.32 Å². The lowest BCUT2D eigenvalue weighted by Crippen LogP contribution is -2.33.